The quantitative estimate of drug-likeness (QED) is 0.426. The molecule has 0 bridgehead atoms. The second-order valence-corrected chi connectivity index (χ2v) is 9.59. The van der Waals surface area contributed by atoms with Crippen molar-refractivity contribution in [2.45, 2.75) is 35.9 Å². The molecule has 7 heteroatoms. The van der Waals surface area contributed by atoms with E-state index in [2.05, 4.69) is 10.4 Å². The molecule has 0 N–H and O–H groups in total. The van der Waals surface area contributed by atoms with Gasteiger partial charge in [0.05, 0.1) is 20.3 Å². The van der Waals surface area contributed by atoms with Gasteiger partial charge >= 0.3 is 0 Å². The number of likely N-dealkylation sites (tertiary alicyclic amines) is 1. The third kappa shape index (κ3) is 4.88. The summed E-state index contributed by atoms with van der Waals surface area (Å²) >= 11 is 3.40. The maximum absolute atomic E-state index is 13.3. The van der Waals surface area contributed by atoms with E-state index in [1.165, 1.54) is 5.56 Å². The monoisotopic (exact) mass is 454 g/mol. The molecule has 1 aliphatic heterocycles. The molecule has 31 heavy (non-hydrogen) atoms. The minimum atomic E-state index is 0.0109. The molecule has 1 saturated heterocycles. The second kappa shape index (κ2) is 9.75. The molecule has 0 radical (unpaired) electrons. The molecule has 1 atom stereocenters. The second-order valence-electron chi connectivity index (χ2n) is 7.50. The van der Waals surface area contributed by atoms with E-state index in [0.29, 0.717) is 0 Å². The number of nitrogens with zero attached hydrogens (tertiary/aromatic N) is 2. The number of benzene rings is 2. The minimum absolute atomic E-state index is 0.0109. The van der Waals surface area contributed by atoms with Crippen molar-refractivity contribution in [1.82, 2.24) is 9.88 Å². The zero-order chi connectivity index (χ0) is 21.8. The maximum atomic E-state index is 13.3. The fourth-order valence-electron chi connectivity index (χ4n) is 3.88. The van der Waals surface area contributed by atoms with Gasteiger partial charge in [-0.2, -0.15) is 0 Å². The van der Waals surface area contributed by atoms with Gasteiger partial charge in [0.1, 0.15) is 15.8 Å². The first-order valence-electron chi connectivity index (χ1n) is 10.3. The van der Waals surface area contributed by atoms with Crippen molar-refractivity contribution in [1.29, 1.82) is 0 Å². The van der Waals surface area contributed by atoms with E-state index in [0.717, 1.165) is 57.8 Å². The molecular weight excluding hydrogens is 428 g/mol. The van der Waals surface area contributed by atoms with Crippen LogP contribution in [0.2, 0.25) is 0 Å². The van der Waals surface area contributed by atoms with Crippen LogP contribution >= 0.6 is 23.1 Å². The normalized spacial score (nSPS) is 15.8. The van der Waals surface area contributed by atoms with Gasteiger partial charge in [-0.25, -0.2) is 4.98 Å². The summed E-state index contributed by atoms with van der Waals surface area (Å²) in [6, 6.07) is 13.8. The van der Waals surface area contributed by atoms with E-state index in [9.17, 15) is 4.79 Å². The van der Waals surface area contributed by atoms with Gasteiger partial charge in [0, 0.05) is 40.6 Å². The number of rotatable bonds is 7. The van der Waals surface area contributed by atoms with Crippen LogP contribution in [0.15, 0.2) is 52.2 Å². The van der Waals surface area contributed by atoms with Crippen molar-refractivity contribution in [2.75, 3.05) is 20.8 Å². The van der Waals surface area contributed by atoms with Gasteiger partial charge in [0.25, 0.3) is 5.91 Å². The molecule has 0 saturated carbocycles. The van der Waals surface area contributed by atoms with E-state index in [-0.39, 0.29) is 11.9 Å². The van der Waals surface area contributed by atoms with E-state index >= 15 is 0 Å². The molecule has 4 rings (SSSR count). The lowest BCUT2D eigenvalue weighted by Gasteiger charge is -2.26. The Kier molecular flexibility index (Phi) is 6.83. The number of ether oxygens (including phenoxy) is 2. The standard InChI is InChI=1S/C24H26N2O3S2/c1-16-14-30-24(25-16)31-15-17-6-8-18(9-7-17)23(27)26-12-4-5-21(26)20-11-10-19(28-2)13-22(20)29-3/h6-11,13-14,21H,4-5,12,15H2,1-3H3. The van der Waals surface area contributed by atoms with Gasteiger partial charge in [-0.15, -0.1) is 11.3 Å². The van der Waals surface area contributed by atoms with Crippen LogP contribution in [0.4, 0.5) is 0 Å². The highest BCUT2D eigenvalue weighted by Crippen LogP contribution is 2.39. The minimum Gasteiger partial charge on any atom is -0.497 e. The molecule has 5 nitrogen and oxygen atoms in total. The predicted octanol–water partition coefficient (Wildman–Crippen LogP) is 5.74. The number of thiazole rings is 1. The van der Waals surface area contributed by atoms with Crippen LogP contribution < -0.4 is 9.47 Å². The Labute approximate surface area is 191 Å². The predicted molar refractivity (Wildman–Crippen MR) is 125 cm³/mol. The molecule has 0 aliphatic carbocycles. The Morgan fingerprint density at radius 3 is 2.68 bits per heavy atom. The fraction of sp³-hybridized carbons (Fsp3) is 0.333. The van der Waals surface area contributed by atoms with Crippen molar-refractivity contribution >= 4 is 29.0 Å². The van der Waals surface area contributed by atoms with Crippen LogP contribution in [0.25, 0.3) is 0 Å². The van der Waals surface area contributed by atoms with Crippen LogP contribution in [0.5, 0.6) is 11.5 Å². The molecule has 1 unspecified atom stereocenters. The van der Waals surface area contributed by atoms with Gasteiger partial charge in [0.2, 0.25) is 0 Å². The lowest BCUT2D eigenvalue weighted by Crippen LogP contribution is -2.30. The summed E-state index contributed by atoms with van der Waals surface area (Å²) in [6.45, 7) is 2.76. The van der Waals surface area contributed by atoms with Crippen molar-refractivity contribution in [3.63, 3.8) is 0 Å². The molecule has 1 amide bonds. The zero-order valence-corrected chi connectivity index (χ0v) is 19.6. The van der Waals surface area contributed by atoms with Crippen molar-refractivity contribution in [3.05, 3.63) is 70.2 Å². The maximum Gasteiger partial charge on any atom is 0.254 e. The van der Waals surface area contributed by atoms with Gasteiger partial charge in [-0.1, -0.05) is 23.9 Å². The first-order chi connectivity index (χ1) is 15.1. The Morgan fingerprint density at radius 1 is 1.19 bits per heavy atom. The summed E-state index contributed by atoms with van der Waals surface area (Å²) in [4.78, 5) is 19.7. The number of carbonyl (C=O) groups is 1. The molecule has 1 fully saturated rings. The zero-order valence-electron chi connectivity index (χ0n) is 18.0. The highest BCUT2D eigenvalue weighted by Gasteiger charge is 2.32. The van der Waals surface area contributed by atoms with Crippen LogP contribution in [0.3, 0.4) is 0 Å². The molecule has 1 aliphatic rings. The highest BCUT2D eigenvalue weighted by atomic mass is 32.2. The average Bonchev–Trinajstić information content (AvgIpc) is 3.46. The summed E-state index contributed by atoms with van der Waals surface area (Å²) in [5.74, 6) is 2.42. The van der Waals surface area contributed by atoms with Crippen molar-refractivity contribution in [3.8, 4) is 11.5 Å². The molecule has 0 spiro atoms. The largest absolute Gasteiger partial charge is 0.497 e. The number of aryl methyl sites for hydroxylation is 1. The summed E-state index contributed by atoms with van der Waals surface area (Å²) in [5.41, 5.74) is 3.99. The summed E-state index contributed by atoms with van der Waals surface area (Å²) in [5, 5.41) is 2.06. The Hall–Kier alpha value is -2.51. The molecule has 1 aromatic heterocycles. The fourth-order valence-corrected chi connectivity index (χ4v) is 5.69. The van der Waals surface area contributed by atoms with E-state index < -0.39 is 0 Å². The van der Waals surface area contributed by atoms with E-state index in [1.807, 2.05) is 54.3 Å². The first-order valence-corrected chi connectivity index (χ1v) is 12.1. The lowest BCUT2D eigenvalue weighted by atomic mass is 10.0. The van der Waals surface area contributed by atoms with Gasteiger partial charge < -0.3 is 14.4 Å². The number of thioether (sulfide) groups is 1. The number of hydrogen-bond acceptors (Lipinski definition) is 6. The molecule has 2 aromatic carbocycles. The van der Waals surface area contributed by atoms with Gasteiger partial charge in [-0.05, 0) is 49.6 Å². The smallest absolute Gasteiger partial charge is 0.254 e. The van der Waals surface area contributed by atoms with Crippen LogP contribution in [0, 0.1) is 6.92 Å². The average molecular weight is 455 g/mol. The van der Waals surface area contributed by atoms with Crippen LogP contribution in [-0.4, -0.2) is 36.6 Å². The third-order valence-electron chi connectivity index (χ3n) is 5.47. The Bertz CT molecular complexity index is 1050. The highest BCUT2D eigenvalue weighted by molar-refractivity contribution is 8.00. The number of carbonyl (C=O) groups excluding carboxylic acids is 1. The molecule has 3 aromatic rings. The number of hydrogen-bond donors (Lipinski definition) is 0. The number of aromatic nitrogens is 1. The molecule has 2 heterocycles. The first kappa shape index (κ1) is 21.7. The number of amides is 1. The van der Waals surface area contributed by atoms with Crippen LogP contribution in [0.1, 0.15) is 46.1 Å². The SMILES string of the molecule is COc1ccc(C2CCCN2C(=O)c2ccc(CSc3nc(C)cs3)cc2)c(OC)c1. The summed E-state index contributed by atoms with van der Waals surface area (Å²) in [6.07, 6.45) is 1.91. The third-order valence-corrected chi connectivity index (χ3v) is 7.68. The molecule has 162 valence electrons. The summed E-state index contributed by atoms with van der Waals surface area (Å²) in [7, 11) is 3.29. The Morgan fingerprint density at radius 2 is 2.00 bits per heavy atom. The van der Waals surface area contributed by atoms with Crippen LogP contribution in [-0.2, 0) is 5.75 Å². The molecular formula is C24H26N2O3S2. The van der Waals surface area contributed by atoms with E-state index in [1.54, 1.807) is 37.3 Å². The van der Waals surface area contributed by atoms with E-state index in [4.69, 9.17) is 9.47 Å². The van der Waals surface area contributed by atoms with Crippen molar-refractivity contribution in [2.24, 2.45) is 0 Å². The Balaban J connectivity index is 1.47. The van der Waals surface area contributed by atoms with Gasteiger partial charge in [-0.3, -0.25) is 4.79 Å². The van der Waals surface area contributed by atoms with Gasteiger partial charge in [0.15, 0.2) is 0 Å². The number of methoxy groups -OCH3 is 2. The summed E-state index contributed by atoms with van der Waals surface area (Å²) < 4.78 is 12.0. The van der Waals surface area contributed by atoms with Crippen molar-refractivity contribution < 1.29 is 14.3 Å². The lowest BCUT2D eigenvalue weighted by molar-refractivity contribution is 0.0734. The topological polar surface area (TPSA) is 51.7 Å².